The van der Waals surface area contributed by atoms with E-state index in [-0.39, 0.29) is 11.4 Å². The van der Waals surface area contributed by atoms with Crippen molar-refractivity contribution in [1.29, 1.82) is 0 Å². The van der Waals surface area contributed by atoms with E-state index in [4.69, 9.17) is 0 Å². The average molecular weight is 306 g/mol. The van der Waals surface area contributed by atoms with Crippen LogP contribution in [0.25, 0.3) is 0 Å². The molecule has 1 aromatic heterocycles. The van der Waals surface area contributed by atoms with Gasteiger partial charge >= 0.3 is 6.18 Å². The van der Waals surface area contributed by atoms with Crippen LogP contribution in [-0.2, 0) is 11.5 Å². The molecule has 16 heavy (non-hydrogen) atoms. The lowest BCUT2D eigenvalue weighted by molar-refractivity contribution is -0.141. The third kappa shape index (κ3) is 2.60. The molecule has 2 nitrogen and oxygen atoms in total. The van der Waals surface area contributed by atoms with Gasteiger partial charge < -0.3 is 4.98 Å². The molecule has 0 aliphatic carbocycles. The monoisotopic (exact) mass is 305 g/mol. The van der Waals surface area contributed by atoms with Crippen LogP contribution in [0.5, 0.6) is 0 Å². The SMILES string of the molecule is O=c1cc(C(F)(F)F)[nH]c(C(F)F)c1CBr. The second kappa shape index (κ2) is 4.52. The third-order valence-electron chi connectivity index (χ3n) is 1.82. The number of halogens is 6. The Morgan fingerprint density at radius 3 is 2.31 bits per heavy atom. The standard InChI is InChI=1S/C8H5BrF5NO/c9-2-3-4(16)1-5(8(12,13)14)15-6(3)7(10)11/h1,7H,2H2,(H,15,16). The van der Waals surface area contributed by atoms with Crippen molar-refractivity contribution in [2.45, 2.75) is 17.9 Å². The van der Waals surface area contributed by atoms with Crippen LogP contribution in [0.1, 0.15) is 23.4 Å². The number of pyridine rings is 1. The van der Waals surface area contributed by atoms with Gasteiger partial charge in [-0.2, -0.15) is 13.2 Å². The molecule has 0 aliphatic heterocycles. The molecule has 0 radical (unpaired) electrons. The fraction of sp³-hybridized carbons (Fsp3) is 0.375. The first-order valence-corrected chi connectivity index (χ1v) is 5.07. The predicted octanol–water partition coefficient (Wildman–Crippen LogP) is 3.23. The highest BCUT2D eigenvalue weighted by Crippen LogP contribution is 2.29. The maximum atomic E-state index is 12.4. The van der Waals surface area contributed by atoms with E-state index in [0.717, 1.165) is 0 Å². The molecule has 0 amide bonds. The zero-order valence-electron chi connectivity index (χ0n) is 7.54. The third-order valence-corrected chi connectivity index (χ3v) is 2.39. The molecule has 1 heterocycles. The summed E-state index contributed by atoms with van der Waals surface area (Å²) < 4.78 is 61.5. The second-order valence-electron chi connectivity index (χ2n) is 2.87. The minimum Gasteiger partial charge on any atom is -0.350 e. The summed E-state index contributed by atoms with van der Waals surface area (Å²) in [6.45, 7) is 0. The van der Waals surface area contributed by atoms with Crippen molar-refractivity contribution in [2.75, 3.05) is 0 Å². The number of rotatable bonds is 2. The van der Waals surface area contributed by atoms with Gasteiger partial charge in [0.1, 0.15) is 5.69 Å². The number of hydrogen-bond acceptors (Lipinski definition) is 1. The Bertz CT molecular complexity index is 439. The predicted molar refractivity (Wildman–Crippen MR) is 49.7 cm³/mol. The highest BCUT2D eigenvalue weighted by Gasteiger charge is 2.33. The molecule has 0 aliphatic rings. The van der Waals surface area contributed by atoms with Crippen LogP contribution in [0.4, 0.5) is 22.0 Å². The molecule has 90 valence electrons. The van der Waals surface area contributed by atoms with Gasteiger partial charge in [0, 0.05) is 17.0 Å². The van der Waals surface area contributed by atoms with E-state index in [9.17, 15) is 26.7 Å². The lowest BCUT2D eigenvalue weighted by Gasteiger charge is -2.11. The zero-order valence-corrected chi connectivity index (χ0v) is 9.12. The molecular weight excluding hydrogens is 301 g/mol. The van der Waals surface area contributed by atoms with Crippen molar-refractivity contribution in [3.63, 3.8) is 0 Å². The topological polar surface area (TPSA) is 32.9 Å². The van der Waals surface area contributed by atoms with Crippen molar-refractivity contribution in [3.05, 3.63) is 33.2 Å². The Morgan fingerprint density at radius 1 is 1.38 bits per heavy atom. The van der Waals surface area contributed by atoms with Gasteiger partial charge in [-0.1, -0.05) is 15.9 Å². The molecule has 1 N–H and O–H groups in total. The number of alkyl halides is 6. The molecule has 0 fully saturated rings. The molecule has 0 saturated carbocycles. The molecule has 0 saturated heterocycles. The van der Waals surface area contributed by atoms with Crippen LogP contribution in [0.15, 0.2) is 10.9 Å². The first-order valence-electron chi connectivity index (χ1n) is 3.94. The molecular formula is C8H5BrF5NO. The van der Waals surface area contributed by atoms with E-state index in [1.54, 1.807) is 0 Å². The second-order valence-corrected chi connectivity index (χ2v) is 3.43. The van der Waals surface area contributed by atoms with E-state index in [0.29, 0.717) is 0 Å². The molecule has 1 rings (SSSR count). The number of nitrogens with one attached hydrogen (secondary N) is 1. The Labute approximate surface area is 94.6 Å². The minimum atomic E-state index is -4.85. The maximum absolute atomic E-state index is 12.4. The first kappa shape index (κ1) is 13.1. The Hall–Kier alpha value is -0.920. The van der Waals surface area contributed by atoms with Gasteiger partial charge in [0.05, 0.1) is 5.69 Å². The molecule has 1 aromatic rings. The molecule has 0 atom stereocenters. The van der Waals surface area contributed by atoms with Gasteiger partial charge in [0.15, 0.2) is 5.43 Å². The van der Waals surface area contributed by atoms with Crippen molar-refractivity contribution in [1.82, 2.24) is 4.98 Å². The molecule has 8 heteroatoms. The van der Waals surface area contributed by atoms with Crippen molar-refractivity contribution in [3.8, 4) is 0 Å². The van der Waals surface area contributed by atoms with E-state index >= 15 is 0 Å². The summed E-state index contributed by atoms with van der Waals surface area (Å²) in [6, 6.07) is 0.266. The maximum Gasteiger partial charge on any atom is 0.431 e. The largest absolute Gasteiger partial charge is 0.431 e. The molecule has 0 aromatic carbocycles. The quantitative estimate of drug-likeness (QED) is 0.660. The summed E-state index contributed by atoms with van der Waals surface area (Å²) in [5.74, 6) is 0. The average Bonchev–Trinajstić information content (AvgIpc) is 2.14. The van der Waals surface area contributed by atoms with Gasteiger partial charge in [-0.3, -0.25) is 4.79 Å². The van der Waals surface area contributed by atoms with E-state index in [2.05, 4.69) is 15.9 Å². The number of aromatic amines is 1. The fourth-order valence-corrected chi connectivity index (χ4v) is 1.66. The molecule has 0 unspecified atom stereocenters. The smallest absolute Gasteiger partial charge is 0.350 e. The Balaban J connectivity index is 3.46. The molecule has 0 spiro atoms. The highest BCUT2D eigenvalue weighted by molar-refractivity contribution is 9.08. The van der Waals surface area contributed by atoms with E-state index in [1.807, 2.05) is 0 Å². The van der Waals surface area contributed by atoms with Crippen LogP contribution in [0.3, 0.4) is 0 Å². The summed E-state index contributed by atoms with van der Waals surface area (Å²) in [5, 5.41) is -0.236. The fourth-order valence-electron chi connectivity index (χ4n) is 1.08. The van der Waals surface area contributed by atoms with Crippen LogP contribution in [0, 0.1) is 0 Å². The lowest BCUT2D eigenvalue weighted by Crippen LogP contribution is -2.19. The number of aromatic nitrogens is 1. The van der Waals surface area contributed by atoms with Gasteiger partial charge in [-0.15, -0.1) is 0 Å². The van der Waals surface area contributed by atoms with Gasteiger partial charge in [-0.25, -0.2) is 8.78 Å². The van der Waals surface area contributed by atoms with Crippen LogP contribution in [-0.4, -0.2) is 4.98 Å². The van der Waals surface area contributed by atoms with Crippen molar-refractivity contribution in [2.24, 2.45) is 0 Å². The van der Waals surface area contributed by atoms with E-state index in [1.165, 1.54) is 4.98 Å². The Kier molecular flexibility index (Phi) is 3.72. The number of H-pyrrole nitrogens is 1. The van der Waals surface area contributed by atoms with Crippen LogP contribution >= 0.6 is 15.9 Å². The Morgan fingerprint density at radius 2 is 1.94 bits per heavy atom. The zero-order chi connectivity index (χ0) is 12.5. The normalized spacial score (nSPS) is 12.2. The van der Waals surface area contributed by atoms with Crippen molar-refractivity contribution < 1.29 is 22.0 Å². The minimum absolute atomic E-state index is 0.236. The first-order chi connectivity index (χ1) is 7.27. The molecule has 0 bridgehead atoms. The van der Waals surface area contributed by atoms with E-state index < -0.39 is 35.0 Å². The van der Waals surface area contributed by atoms with Gasteiger partial charge in [0.2, 0.25) is 0 Å². The van der Waals surface area contributed by atoms with Crippen molar-refractivity contribution >= 4 is 15.9 Å². The van der Waals surface area contributed by atoms with Gasteiger partial charge in [0.25, 0.3) is 6.43 Å². The lowest BCUT2D eigenvalue weighted by atomic mass is 10.2. The van der Waals surface area contributed by atoms with Crippen LogP contribution in [0.2, 0.25) is 0 Å². The summed E-state index contributed by atoms with van der Waals surface area (Å²) in [5.41, 5.74) is -3.95. The summed E-state index contributed by atoms with van der Waals surface area (Å²) in [6.07, 6.45) is -8.02. The van der Waals surface area contributed by atoms with Gasteiger partial charge in [-0.05, 0) is 0 Å². The number of hydrogen-bond donors (Lipinski definition) is 1. The highest BCUT2D eigenvalue weighted by atomic mass is 79.9. The van der Waals surface area contributed by atoms with Crippen LogP contribution < -0.4 is 5.43 Å². The summed E-state index contributed by atoms with van der Waals surface area (Å²) in [4.78, 5) is 12.7. The summed E-state index contributed by atoms with van der Waals surface area (Å²) in [7, 11) is 0. The summed E-state index contributed by atoms with van der Waals surface area (Å²) >= 11 is 2.77.